The SMILES string of the molecule is COc1ccc(-n2cc(C(C)NC(=O)CN(C)C3CCNCC3)cn2)cc1. The monoisotopic (exact) mass is 371 g/mol. The Hall–Kier alpha value is -2.38. The van der Waals surface area contributed by atoms with Gasteiger partial charge in [0.25, 0.3) is 0 Å². The van der Waals surface area contributed by atoms with Gasteiger partial charge in [0.2, 0.25) is 5.91 Å². The molecule has 2 N–H and O–H groups in total. The van der Waals surface area contributed by atoms with Crippen LogP contribution in [-0.4, -0.2) is 60.4 Å². The van der Waals surface area contributed by atoms with E-state index in [0.29, 0.717) is 12.6 Å². The third kappa shape index (κ3) is 5.08. The normalized spacial score (nSPS) is 16.3. The van der Waals surface area contributed by atoms with Crippen molar-refractivity contribution in [1.82, 2.24) is 25.3 Å². The lowest BCUT2D eigenvalue weighted by Gasteiger charge is -2.31. The number of benzene rings is 1. The Morgan fingerprint density at radius 1 is 1.37 bits per heavy atom. The largest absolute Gasteiger partial charge is 0.497 e. The highest BCUT2D eigenvalue weighted by atomic mass is 16.5. The fraction of sp³-hybridized carbons (Fsp3) is 0.500. The van der Waals surface area contributed by atoms with Gasteiger partial charge < -0.3 is 15.4 Å². The maximum Gasteiger partial charge on any atom is 0.234 e. The minimum absolute atomic E-state index is 0.0423. The number of piperidine rings is 1. The molecule has 0 bridgehead atoms. The minimum Gasteiger partial charge on any atom is -0.497 e. The molecule has 2 heterocycles. The van der Waals surface area contributed by atoms with Crippen molar-refractivity contribution in [3.63, 3.8) is 0 Å². The molecule has 3 rings (SSSR count). The molecule has 1 unspecified atom stereocenters. The number of nitrogens with one attached hydrogen (secondary N) is 2. The molecule has 1 amide bonds. The molecular formula is C20H29N5O2. The second-order valence-corrected chi connectivity index (χ2v) is 7.10. The minimum atomic E-state index is -0.0917. The third-order valence-corrected chi connectivity index (χ3v) is 5.14. The van der Waals surface area contributed by atoms with Crippen LogP contribution in [0, 0.1) is 0 Å². The first-order valence-corrected chi connectivity index (χ1v) is 9.46. The van der Waals surface area contributed by atoms with E-state index in [-0.39, 0.29) is 11.9 Å². The zero-order valence-electron chi connectivity index (χ0n) is 16.3. The van der Waals surface area contributed by atoms with Crippen molar-refractivity contribution in [2.45, 2.75) is 31.8 Å². The second-order valence-electron chi connectivity index (χ2n) is 7.10. The van der Waals surface area contributed by atoms with E-state index in [4.69, 9.17) is 4.74 Å². The molecule has 0 saturated carbocycles. The van der Waals surface area contributed by atoms with Gasteiger partial charge in [-0.2, -0.15) is 5.10 Å². The Morgan fingerprint density at radius 2 is 2.07 bits per heavy atom. The highest BCUT2D eigenvalue weighted by molar-refractivity contribution is 5.78. The molecule has 1 aromatic carbocycles. The summed E-state index contributed by atoms with van der Waals surface area (Å²) in [6, 6.07) is 8.09. The number of aromatic nitrogens is 2. The Morgan fingerprint density at radius 3 is 2.74 bits per heavy atom. The van der Waals surface area contributed by atoms with Crippen LogP contribution in [0.4, 0.5) is 0 Å². The molecule has 146 valence electrons. The van der Waals surface area contributed by atoms with E-state index in [2.05, 4.69) is 20.6 Å². The van der Waals surface area contributed by atoms with Crippen molar-refractivity contribution in [2.75, 3.05) is 33.8 Å². The van der Waals surface area contributed by atoms with Gasteiger partial charge in [-0.3, -0.25) is 9.69 Å². The predicted octanol–water partition coefficient (Wildman–Crippen LogP) is 1.74. The zero-order chi connectivity index (χ0) is 19.2. The van der Waals surface area contributed by atoms with Gasteiger partial charge in [-0.1, -0.05) is 0 Å². The number of methoxy groups -OCH3 is 1. The van der Waals surface area contributed by atoms with Gasteiger partial charge in [0.15, 0.2) is 0 Å². The number of rotatable bonds is 7. The lowest BCUT2D eigenvalue weighted by atomic mass is 10.1. The molecule has 1 aliphatic heterocycles. The van der Waals surface area contributed by atoms with E-state index >= 15 is 0 Å². The van der Waals surface area contributed by atoms with Gasteiger partial charge in [-0.15, -0.1) is 0 Å². The molecule has 0 aliphatic carbocycles. The smallest absolute Gasteiger partial charge is 0.234 e. The quantitative estimate of drug-likeness (QED) is 0.776. The Balaban J connectivity index is 1.55. The molecule has 7 heteroatoms. The van der Waals surface area contributed by atoms with Gasteiger partial charge in [-0.25, -0.2) is 4.68 Å². The molecule has 1 atom stereocenters. The van der Waals surface area contributed by atoms with Crippen LogP contribution in [0.5, 0.6) is 5.75 Å². The van der Waals surface area contributed by atoms with Crippen molar-refractivity contribution in [2.24, 2.45) is 0 Å². The highest BCUT2D eigenvalue weighted by Crippen LogP contribution is 2.17. The number of carbonyl (C=O) groups is 1. The second kappa shape index (κ2) is 9.01. The van der Waals surface area contributed by atoms with E-state index in [1.54, 1.807) is 18.0 Å². The van der Waals surface area contributed by atoms with Crippen molar-refractivity contribution < 1.29 is 9.53 Å². The molecule has 0 radical (unpaired) electrons. The summed E-state index contributed by atoms with van der Waals surface area (Å²) in [4.78, 5) is 14.6. The molecule has 1 saturated heterocycles. The zero-order valence-corrected chi connectivity index (χ0v) is 16.3. The fourth-order valence-corrected chi connectivity index (χ4v) is 3.41. The standard InChI is InChI=1S/C20H29N5O2/c1-15(23-20(26)14-24(2)17-8-10-21-11-9-17)16-12-22-25(13-16)18-4-6-19(27-3)7-5-18/h4-7,12-13,15,17,21H,8-11,14H2,1-3H3,(H,23,26). The molecule has 27 heavy (non-hydrogen) atoms. The molecule has 1 aliphatic rings. The van der Waals surface area contributed by atoms with Crippen molar-refractivity contribution in [3.05, 3.63) is 42.2 Å². The summed E-state index contributed by atoms with van der Waals surface area (Å²) in [5, 5.41) is 10.8. The summed E-state index contributed by atoms with van der Waals surface area (Å²) in [6.45, 7) is 4.45. The summed E-state index contributed by atoms with van der Waals surface area (Å²) in [5.74, 6) is 0.852. The van der Waals surface area contributed by atoms with Gasteiger partial charge in [-0.05, 0) is 64.2 Å². The van der Waals surface area contributed by atoms with Crippen LogP contribution >= 0.6 is 0 Å². The summed E-state index contributed by atoms with van der Waals surface area (Å²) in [7, 11) is 3.68. The lowest BCUT2D eigenvalue weighted by molar-refractivity contribution is -0.123. The fourth-order valence-electron chi connectivity index (χ4n) is 3.41. The Bertz CT molecular complexity index is 737. The molecule has 1 fully saturated rings. The molecule has 7 nitrogen and oxygen atoms in total. The number of ether oxygens (including phenoxy) is 1. The van der Waals surface area contributed by atoms with Crippen LogP contribution in [0.1, 0.15) is 31.4 Å². The van der Waals surface area contributed by atoms with E-state index in [1.165, 1.54) is 0 Å². The topological polar surface area (TPSA) is 71.4 Å². The van der Waals surface area contributed by atoms with E-state index in [1.807, 2.05) is 44.4 Å². The Kier molecular flexibility index (Phi) is 6.47. The van der Waals surface area contributed by atoms with Gasteiger partial charge in [0.05, 0.1) is 31.6 Å². The maximum absolute atomic E-state index is 12.4. The van der Waals surface area contributed by atoms with Crippen LogP contribution in [0.3, 0.4) is 0 Å². The van der Waals surface area contributed by atoms with Gasteiger partial charge in [0.1, 0.15) is 5.75 Å². The van der Waals surface area contributed by atoms with E-state index in [9.17, 15) is 4.79 Å². The molecule has 1 aromatic heterocycles. The molecule has 2 aromatic rings. The number of hydrogen-bond donors (Lipinski definition) is 2. The van der Waals surface area contributed by atoms with Crippen LogP contribution in [-0.2, 0) is 4.79 Å². The maximum atomic E-state index is 12.4. The Labute approximate surface area is 160 Å². The van der Waals surface area contributed by atoms with Crippen LogP contribution < -0.4 is 15.4 Å². The summed E-state index contributed by atoms with van der Waals surface area (Å²) < 4.78 is 6.99. The number of nitrogens with zero attached hydrogens (tertiary/aromatic N) is 3. The molecule has 0 spiro atoms. The summed E-state index contributed by atoms with van der Waals surface area (Å²) in [6.07, 6.45) is 5.93. The number of hydrogen-bond acceptors (Lipinski definition) is 5. The van der Waals surface area contributed by atoms with Gasteiger partial charge in [0, 0.05) is 17.8 Å². The first kappa shape index (κ1) is 19.4. The average Bonchev–Trinajstić information content (AvgIpc) is 3.19. The summed E-state index contributed by atoms with van der Waals surface area (Å²) in [5.41, 5.74) is 1.93. The van der Waals surface area contributed by atoms with E-state index < -0.39 is 0 Å². The van der Waals surface area contributed by atoms with Crippen LogP contribution in [0.15, 0.2) is 36.7 Å². The first-order valence-electron chi connectivity index (χ1n) is 9.46. The lowest BCUT2D eigenvalue weighted by Crippen LogP contribution is -2.45. The number of amides is 1. The molecular weight excluding hydrogens is 342 g/mol. The van der Waals surface area contributed by atoms with E-state index in [0.717, 1.165) is 42.9 Å². The summed E-state index contributed by atoms with van der Waals surface area (Å²) >= 11 is 0. The third-order valence-electron chi connectivity index (χ3n) is 5.14. The van der Waals surface area contributed by atoms with Crippen molar-refractivity contribution in [1.29, 1.82) is 0 Å². The average molecular weight is 371 g/mol. The van der Waals surface area contributed by atoms with Gasteiger partial charge >= 0.3 is 0 Å². The van der Waals surface area contributed by atoms with Crippen LogP contribution in [0.2, 0.25) is 0 Å². The predicted molar refractivity (Wildman–Crippen MR) is 105 cm³/mol. The number of carbonyl (C=O) groups excluding carboxylic acids is 1. The van der Waals surface area contributed by atoms with Crippen molar-refractivity contribution in [3.8, 4) is 11.4 Å². The van der Waals surface area contributed by atoms with Crippen molar-refractivity contribution >= 4 is 5.91 Å². The van der Waals surface area contributed by atoms with Crippen LogP contribution in [0.25, 0.3) is 5.69 Å². The number of likely N-dealkylation sites (N-methyl/N-ethyl adjacent to an activating group) is 1. The highest BCUT2D eigenvalue weighted by Gasteiger charge is 2.20. The first-order chi connectivity index (χ1) is 13.1.